The summed E-state index contributed by atoms with van der Waals surface area (Å²) in [4.78, 5) is 42.1. The maximum atomic E-state index is 13.4. The van der Waals surface area contributed by atoms with E-state index in [0.29, 0.717) is 28.0 Å². The van der Waals surface area contributed by atoms with Crippen molar-refractivity contribution in [3.05, 3.63) is 79.2 Å². The van der Waals surface area contributed by atoms with Crippen molar-refractivity contribution in [3.63, 3.8) is 0 Å². The van der Waals surface area contributed by atoms with Crippen LogP contribution < -0.4 is 11.0 Å². The first kappa shape index (κ1) is 18.9. The molecule has 7 nitrogen and oxygen atoms in total. The first-order valence-electron chi connectivity index (χ1n) is 9.15. The van der Waals surface area contributed by atoms with Crippen molar-refractivity contribution in [2.45, 2.75) is 26.3 Å². The van der Waals surface area contributed by atoms with Crippen LogP contribution >= 0.6 is 11.3 Å². The van der Waals surface area contributed by atoms with Crippen LogP contribution in [0.5, 0.6) is 0 Å². The molecule has 0 amide bonds. The van der Waals surface area contributed by atoms with Crippen molar-refractivity contribution in [2.75, 3.05) is 0 Å². The number of benzene rings is 2. The van der Waals surface area contributed by atoms with Crippen molar-refractivity contribution in [3.8, 4) is 11.4 Å². The standard InChI is InChI=1S/C21H17N3O4S/c1-3-12(2)23-19(13-7-6-8-14(11-13)24(27)28)22-20-17(21(23)26)18(25)15-9-4-5-10-16(15)29-20/h4-12H,3H2,1-2H3. The van der Waals surface area contributed by atoms with Gasteiger partial charge in [-0.3, -0.25) is 24.3 Å². The minimum Gasteiger partial charge on any atom is -0.289 e. The number of fused-ring (bicyclic) bond motifs is 2. The van der Waals surface area contributed by atoms with E-state index in [4.69, 9.17) is 0 Å². The average molecular weight is 407 g/mol. The summed E-state index contributed by atoms with van der Waals surface area (Å²) in [6.07, 6.45) is 0.639. The van der Waals surface area contributed by atoms with Crippen LogP contribution in [-0.2, 0) is 0 Å². The third-order valence-corrected chi connectivity index (χ3v) is 6.06. The molecule has 2 aromatic carbocycles. The molecule has 0 saturated carbocycles. The van der Waals surface area contributed by atoms with Crippen LogP contribution in [-0.4, -0.2) is 14.5 Å². The topological polar surface area (TPSA) is 95.1 Å². The Morgan fingerprint density at radius 2 is 1.93 bits per heavy atom. The summed E-state index contributed by atoms with van der Waals surface area (Å²) < 4.78 is 2.22. The predicted octanol–water partition coefficient (Wildman–Crippen LogP) is 4.52. The summed E-state index contributed by atoms with van der Waals surface area (Å²) in [5.74, 6) is 0.325. The molecule has 4 rings (SSSR count). The van der Waals surface area contributed by atoms with Crippen molar-refractivity contribution < 1.29 is 4.92 Å². The molecule has 0 spiro atoms. The summed E-state index contributed by atoms with van der Waals surface area (Å²) in [7, 11) is 0. The number of aromatic nitrogens is 2. The zero-order valence-electron chi connectivity index (χ0n) is 15.8. The van der Waals surface area contributed by atoms with E-state index < -0.39 is 10.5 Å². The lowest BCUT2D eigenvalue weighted by Gasteiger charge is -2.18. The maximum absolute atomic E-state index is 13.4. The third-order valence-electron chi connectivity index (χ3n) is 4.99. The Balaban J connectivity index is 2.15. The molecule has 1 unspecified atom stereocenters. The van der Waals surface area contributed by atoms with Crippen LogP contribution in [0.1, 0.15) is 26.3 Å². The summed E-state index contributed by atoms with van der Waals surface area (Å²) in [5, 5.41) is 11.8. The van der Waals surface area contributed by atoms with E-state index in [1.54, 1.807) is 24.3 Å². The van der Waals surface area contributed by atoms with Gasteiger partial charge in [-0.25, -0.2) is 4.98 Å². The van der Waals surface area contributed by atoms with Gasteiger partial charge in [-0.2, -0.15) is 0 Å². The molecule has 2 aromatic heterocycles. The first-order chi connectivity index (χ1) is 13.9. The van der Waals surface area contributed by atoms with Gasteiger partial charge < -0.3 is 0 Å². The second-order valence-electron chi connectivity index (χ2n) is 6.78. The lowest BCUT2D eigenvalue weighted by Crippen LogP contribution is -2.29. The number of non-ortho nitro benzene ring substituents is 1. The Bertz CT molecular complexity index is 1390. The van der Waals surface area contributed by atoms with Crippen LogP contribution in [0, 0.1) is 10.1 Å². The molecule has 0 aliphatic heterocycles. The van der Waals surface area contributed by atoms with E-state index in [1.807, 2.05) is 26.0 Å². The molecule has 0 N–H and O–H groups in total. The third kappa shape index (κ3) is 3.11. The molecule has 0 aliphatic rings. The summed E-state index contributed by atoms with van der Waals surface area (Å²) in [5.41, 5.74) is -0.377. The second-order valence-corrected chi connectivity index (χ2v) is 7.81. The van der Waals surface area contributed by atoms with Crippen molar-refractivity contribution in [1.82, 2.24) is 9.55 Å². The number of nitro groups is 1. The summed E-state index contributed by atoms with van der Waals surface area (Å²) in [6, 6.07) is 12.9. The van der Waals surface area contributed by atoms with E-state index in [0.717, 1.165) is 4.70 Å². The molecule has 0 saturated heterocycles. The fourth-order valence-corrected chi connectivity index (χ4v) is 4.36. The van der Waals surface area contributed by atoms with Crippen molar-refractivity contribution in [1.29, 1.82) is 0 Å². The van der Waals surface area contributed by atoms with Crippen molar-refractivity contribution in [2.24, 2.45) is 0 Å². The summed E-state index contributed by atoms with van der Waals surface area (Å²) >= 11 is 1.27. The van der Waals surface area contributed by atoms with Gasteiger partial charge in [0.05, 0.1) is 4.92 Å². The van der Waals surface area contributed by atoms with Gasteiger partial charge >= 0.3 is 0 Å². The fraction of sp³-hybridized carbons (Fsp3) is 0.190. The predicted molar refractivity (Wildman–Crippen MR) is 115 cm³/mol. The Hall–Kier alpha value is -3.39. The largest absolute Gasteiger partial charge is 0.289 e. The van der Waals surface area contributed by atoms with Crippen LogP contribution in [0.3, 0.4) is 0 Å². The molecule has 146 valence electrons. The Kier molecular flexibility index (Phi) is 4.71. The zero-order chi connectivity index (χ0) is 20.7. The van der Waals surface area contributed by atoms with Gasteiger partial charge in [-0.15, -0.1) is 11.3 Å². The van der Waals surface area contributed by atoms with E-state index in [-0.39, 0.29) is 22.5 Å². The van der Waals surface area contributed by atoms with Crippen LogP contribution in [0.4, 0.5) is 5.69 Å². The molecular formula is C21H17N3O4S. The van der Waals surface area contributed by atoms with Gasteiger partial charge in [0.25, 0.3) is 11.2 Å². The number of rotatable bonds is 4. The second kappa shape index (κ2) is 7.21. The molecule has 0 aliphatic carbocycles. The smallest absolute Gasteiger partial charge is 0.270 e. The molecule has 29 heavy (non-hydrogen) atoms. The van der Waals surface area contributed by atoms with E-state index in [1.165, 1.54) is 28.0 Å². The van der Waals surface area contributed by atoms with Gasteiger partial charge in [-0.05, 0) is 25.5 Å². The minimum absolute atomic E-state index is 0.0585. The summed E-state index contributed by atoms with van der Waals surface area (Å²) in [6.45, 7) is 3.80. The fourth-order valence-electron chi connectivity index (χ4n) is 3.32. The lowest BCUT2D eigenvalue weighted by atomic mass is 10.1. The van der Waals surface area contributed by atoms with Gasteiger partial charge in [0, 0.05) is 33.8 Å². The molecule has 2 heterocycles. The van der Waals surface area contributed by atoms with E-state index in [2.05, 4.69) is 4.98 Å². The SMILES string of the molecule is CCC(C)n1c(-c2cccc([N+](=O)[O-])c2)nc2sc3ccccc3c(=O)c2c1=O. The first-order valence-corrected chi connectivity index (χ1v) is 9.97. The van der Waals surface area contributed by atoms with Crippen molar-refractivity contribution >= 4 is 37.3 Å². The van der Waals surface area contributed by atoms with Crippen LogP contribution in [0.15, 0.2) is 58.1 Å². The van der Waals surface area contributed by atoms with E-state index in [9.17, 15) is 19.7 Å². The highest BCUT2D eigenvalue weighted by Gasteiger charge is 2.21. The Morgan fingerprint density at radius 3 is 2.66 bits per heavy atom. The number of nitrogens with zero attached hydrogens (tertiary/aromatic N) is 3. The molecule has 0 radical (unpaired) electrons. The number of nitro benzene ring substituents is 1. The van der Waals surface area contributed by atoms with Gasteiger partial charge in [0.2, 0.25) is 5.43 Å². The van der Waals surface area contributed by atoms with Gasteiger partial charge in [0.15, 0.2) is 0 Å². The van der Waals surface area contributed by atoms with Gasteiger partial charge in [0.1, 0.15) is 16.0 Å². The Morgan fingerprint density at radius 1 is 1.17 bits per heavy atom. The highest BCUT2D eigenvalue weighted by Crippen LogP contribution is 2.28. The molecule has 8 heteroatoms. The molecular weight excluding hydrogens is 390 g/mol. The normalized spacial score (nSPS) is 12.3. The highest BCUT2D eigenvalue weighted by atomic mass is 32.1. The molecule has 4 aromatic rings. The number of hydrogen-bond donors (Lipinski definition) is 0. The monoisotopic (exact) mass is 407 g/mol. The van der Waals surface area contributed by atoms with Crippen LogP contribution in [0.25, 0.3) is 31.7 Å². The average Bonchev–Trinajstić information content (AvgIpc) is 2.73. The van der Waals surface area contributed by atoms with E-state index >= 15 is 0 Å². The molecule has 0 fully saturated rings. The number of hydrogen-bond acceptors (Lipinski definition) is 6. The highest BCUT2D eigenvalue weighted by molar-refractivity contribution is 7.24. The Labute approximate surface area is 169 Å². The van der Waals surface area contributed by atoms with Gasteiger partial charge in [-0.1, -0.05) is 31.2 Å². The molecule has 1 atom stereocenters. The lowest BCUT2D eigenvalue weighted by molar-refractivity contribution is -0.384. The minimum atomic E-state index is -0.484. The maximum Gasteiger partial charge on any atom is 0.270 e. The quantitative estimate of drug-likeness (QED) is 0.282. The van der Waals surface area contributed by atoms with Crippen LogP contribution in [0.2, 0.25) is 0 Å². The molecule has 0 bridgehead atoms. The zero-order valence-corrected chi connectivity index (χ0v) is 16.6.